The van der Waals surface area contributed by atoms with Crippen LogP contribution in [0.4, 0.5) is 24.8 Å². The summed E-state index contributed by atoms with van der Waals surface area (Å²) >= 11 is 6.26. The van der Waals surface area contributed by atoms with Crippen LogP contribution in [0.2, 0.25) is 5.02 Å². The fourth-order valence-corrected chi connectivity index (χ4v) is 3.49. The summed E-state index contributed by atoms with van der Waals surface area (Å²) in [7, 11) is 0. The van der Waals surface area contributed by atoms with Gasteiger partial charge in [-0.15, -0.1) is 15.3 Å². The van der Waals surface area contributed by atoms with E-state index in [1.807, 2.05) is 15.9 Å². The molecule has 0 bridgehead atoms. The number of alkyl halides is 3. The van der Waals surface area contributed by atoms with Gasteiger partial charge in [0.1, 0.15) is 17.7 Å². The quantitative estimate of drug-likeness (QED) is 0.627. The van der Waals surface area contributed by atoms with Crippen molar-refractivity contribution in [3.8, 4) is 6.07 Å². The average Bonchev–Trinajstić information content (AvgIpc) is 2.98. The van der Waals surface area contributed by atoms with Crippen LogP contribution in [0.3, 0.4) is 0 Å². The van der Waals surface area contributed by atoms with E-state index in [9.17, 15) is 13.2 Å². The first kappa shape index (κ1) is 19.2. The molecule has 0 N–H and O–H groups in total. The molecule has 0 aliphatic carbocycles. The van der Waals surface area contributed by atoms with Gasteiger partial charge in [-0.3, -0.25) is 0 Å². The van der Waals surface area contributed by atoms with Crippen molar-refractivity contribution in [2.24, 2.45) is 0 Å². The highest BCUT2D eigenvalue weighted by Crippen LogP contribution is 2.29. The Morgan fingerprint density at radius 3 is 2.55 bits per heavy atom. The Kier molecular flexibility index (Phi) is 4.87. The van der Waals surface area contributed by atoms with Crippen molar-refractivity contribution in [2.45, 2.75) is 12.6 Å². The predicted molar refractivity (Wildman–Crippen MR) is 98.8 cm³/mol. The van der Waals surface area contributed by atoms with E-state index in [1.54, 1.807) is 12.1 Å². The van der Waals surface area contributed by atoms with E-state index >= 15 is 0 Å². The maximum atomic E-state index is 13.1. The molecule has 3 aromatic rings. The predicted octanol–water partition coefficient (Wildman–Crippen LogP) is 2.78. The first-order valence-electron chi connectivity index (χ1n) is 8.72. The largest absolute Gasteiger partial charge is 0.453 e. The van der Waals surface area contributed by atoms with E-state index in [0.717, 1.165) is 10.9 Å². The fourth-order valence-electron chi connectivity index (χ4n) is 3.21. The summed E-state index contributed by atoms with van der Waals surface area (Å²) in [5.74, 6) is -0.169. The first-order chi connectivity index (χ1) is 13.9. The molecule has 0 unspecified atom stereocenters. The molecule has 0 atom stereocenters. The molecule has 0 radical (unpaired) electrons. The van der Waals surface area contributed by atoms with Crippen molar-refractivity contribution in [3.63, 3.8) is 0 Å². The van der Waals surface area contributed by atoms with Crippen LogP contribution in [0.15, 0.2) is 24.4 Å². The molecule has 150 valence electrons. The van der Waals surface area contributed by atoms with Crippen LogP contribution >= 0.6 is 11.6 Å². The van der Waals surface area contributed by atoms with Crippen LogP contribution in [-0.4, -0.2) is 51.0 Å². The number of aromatic nitrogens is 5. The lowest BCUT2D eigenvalue weighted by atomic mass is 10.3. The van der Waals surface area contributed by atoms with Crippen molar-refractivity contribution >= 4 is 28.9 Å². The van der Waals surface area contributed by atoms with Gasteiger partial charge in [-0.1, -0.05) is 11.6 Å². The lowest BCUT2D eigenvalue weighted by Crippen LogP contribution is -2.32. The van der Waals surface area contributed by atoms with Gasteiger partial charge in [-0.25, -0.2) is 4.98 Å². The molecule has 1 aliphatic rings. The molecule has 4 heterocycles. The van der Waals surface area contributed by atoms with Gasteiger partial charge >= 0.3 is 6.18 Å². The van der Waals surface area contributed by atoms with Crippen LogP contribution < -0.4 is 9.80 Å². The third kappa shape index (κ3) is 3.75. The molecular formula is C17H14ClF3N8. The van der Waals surface area contributed by atoms with Crippen molar-refractivity contribution < 1.29 is 13.2 Å². The average molecular weight is 423 g/mol. The zero-order valence-electron chi connectivity index (χ0n) is 14.9. The SMILES string of the molecule is N#Cc1cnc(N2CCCN(c3ccc4nnc(C(F)(F)F)n4n3)CC2)c(Cl)c1. The number of fused-ring (bicyclic) bond motifs is 1. The summed E-state index contributed by atoms with van der Waals surface area (Å²) in [4.78, 5) is 8.16. The molecule has 1 saturated heterocycles. The maximum Gasteiger partial charge on any atom is 0.453 e. The van der Waals surface area contributed by atoms with Crippen molar-refractivity contribution in [2.75, 3.05) is 36.0 Å². The zero-order valence-corrected chi connectivity index (χ0v) is 15.7. The molecule has 4 rings (SSSR count). The van der Waals surface area contributed by atoms with Crippen LogP contribution in [0.5, 0.6) is 0 Å². The third-order valence-corrected chi connectivity index (χ3v) is 4.85. The Balaban J connectivity index is 1.56. The summed E-state index contributed by atoms with van der Waals surface area (Å²) in [6.45, 7) is 2.33. The molecule has 8 nitrogen and oxygen atoms in total. The van der Waals surface area contributed by atoms with Crippen LogP contribution in [0.1, 0.15) is 17.8 Å². The Bertz CT molecular complexity index is 1090. The summed E-state index contributed by atoms with van der Waals surface area (Å²) < 4.78 is 40.0. The number of rotatable bonds is 2. The van der Waals surface area contributed by atoms with Crippen LogP contribution in [0.25, 0.3) is 5.65 Å². The first-order valence-corrected chi connectivity index (χ1v) is 9.10. The standard InChI is InChI=1S/C17H14ClF3N8/c18-12-8-11(9-22)10-23-15(12)28-5-1-4-27(6-7-28)14-3-2-13-24-25-16(17(19,20)21)29(13)26-14/h2-3,8,10H,1,4-7H2. The summed E-state index contributed by atoms with van der Waals surface area (Å²) in [6.07, 6.45) is -2.45. The van der Waals surface area contributed by atoms with E-state index in [0.29, 0.717) is 48.4 Å². The number of nitriles is 1. The number of hydrogen-bond donors (Lipinski definition) is 0. The lowest BCUT2D eigenvalue weighted by molar-refractivity contribution is -0.146. The summed E-state index contributed by atoms with van der Waals surface area (Å²) in [6, 6.07) is 6.65. The fraction of sp³-hybridized carbons (Fsp3) is 0.353. The number of halogens is 4. The zero-order chi connectivity index (χ0) is 20.6. The second-order valence-electron chi connectivity index (χ2n) is 6.45. The smallest absolute Gasteiger partial charge is 0.354 e. The normalized spacial score (nSPS) is 15.4. The molecule has 1 fully saturated rings. The summed E-state index contributed by atoms with van der Waals surface area (Å²) in [5.41, 5.74) is 0.410. The van der Waals surface area contributed by atoms with Crippen LogP contribution in [0, 0.1) is 11.3 Å². The van der Waals surface area contributed by atoms with E-state index < -0.39 is 12.0 Å². The minimum atomic E-state index is -4.64. The molecule has 3 aromatic heterocycles. The molecule has 0 aromatic carbocycles. The van der Waals surface area contributed by atoms with Gasteiger partial charge < -0.3 is 9.80 Å². The Morgan fingerprint density at radius 1 is 1.07 bits per heavy atom. The monoisotopic (exact) mass is 422 g/mol. The second kappa shape index (κ2) is 7.36. The van der Waals surface area contributed by atoms with Gasteiger partial charge in [-0.05, 0) is 24.6 Å². The van der Waals surface area contributed by atoms with E-state index in [1.165, 1.54) is 12.3 Å². The van der Waals surface area contributed by atoms with Gasteiger partial charge in [0.2, 0.25) is 0 Å². The lowest BCUT2D eigenvalue weighted by Gasteiger charge is -2.24. The van der Waals surface area contributed by atoms with Gasteiger partial charge in [0, 0.05) is 32.4 Å². The number of anilines is 2. The highest BCUT2D eigenvalue weighted by molar-refractivity contribution is 6.33. The minimum absolute atomic E-state index is 0.0334. The van der Waals surface area contributed by atoms with Crippen molar-refractivity contribution in [1.29, 1.82) is 5.26 Å². The Morgan fingerprint density at radius 2 is 1.83 bits per heavy atom. The molecular weight excluding hydrogens is 409 g/mol. The maximum absolute atomic E-state index is 13.1. The number of pyridine rings is 1. The molecule has 0 amide bonds. The highest BCUT2D eigenvalue weighted by atomic mass is 35.5. The minimum Gasteiger partial charge on any atom is -0.354 e. The highest BCUT2D eigenvalue weighted by Gasteiger charge is 2.37. The molecule has 12 heteroatoms. The third-order valence-electron chi connectivity index (χ3n) is 4.57. The van der Waals surface area contributed by atoms with Gasteiger partial charge in [-0.2, -0.15) is 22.9 Å². The molecule has 29 heavy (non-hydrogen) atoms. The van der Waals surface area contributed by atoms with E-state index in [-0.39, 0.29) is 5.65 Å². The Hall–Kier alpha value is -3.13. The second-order valence-corrected chi connectivity index (χ2v) is 6.86. The van der Waals surface area contributed by atoms with Gasteiger partial charge in [0.25, 0.3) is 5.82 Å². The van der Waals surface area contributed by atoms with Crippen LogP contribution in [-0.2, 0) is 6.18 Å². The van der Waals surface area contributed by atoms with E-state index in [2.05, 4.69) is 20.3 Å². The topological polar surface area (TPSA) is 86.2 Å². The number of nitrogens with zero attached hydrogens (tertiary/aromatic N) is 8. The number of hydrogen-bond acceptors (Lipinski definition) is 7. The Labute approximate surface area is 168 Å². The van der Waals surface area contributed by atoms with Crippen molar-refractivity contribution in [3.05, 3.63) is 40.8 Å². The molecule has 0 saturated carbocycles. The molecule has 1 aliphatic heterocycles. The molecule has 0 spiro atoms. The summed E-state index contributed by atoms with van der Waals surface area (Å²) in [5, 5.41) is 20.2. The van der Waals surface area contributed by atoms with E-state index in [4.69, 9.17) is 16.9 Å². The van der Waals surface area contributed by atoms with Gasteiger partial charge in [0.05, 0.1) is 10.6 Å². The van der Waals surface area contributed by atoms with Gasteiger partial charge in [0.15, 0.2) is 5.65 Å². The van der Waals surface area contributed by atoms with Crippen molar-refractivity contribution in [1.82, 2.24) is 24.8 Å².